The fourth-order valence-corrected chi connectivity index (χ4v) is 2.65. The number of nitriles is 1. The van der Waals surface area contributed by atoms with Crippen molar-refractivity contribution in [1.29, 1.82) is 5.26 Å². The molecule has 0 aliphatic heterocycles. The third-order valence-corrected chi connectivity index (χ3v) is 3.92. The van der Waals surface area contributed by atoms with Crippen LogP contribution in [0, 0.1) is 17.2 Å². The molecule has 6 nitrogen and oxygen atoms in total. The quantitative estimate of drug-likeness (QED) is 0.791. The Hall–Kier alpha value is -2.55. The van der Waals surface area contributed by atoms with E-state index in [4.69, 9.17) is 10.4 Å². The monoisotopic (exact) mass is 301 g/mol. The minimum atomic E-state index is -0.750. The Morgan fingerprint density at radius 2 is 2.00 bits per heavy atom. The van der Waals surface area contributed by atoms with Crippen molar-refractivity contribution < 1.29 is 14.7 Å². The summed E-state index contributed by atoms with van der Waals surface area (Å²) in [6.07, 6.45) is 2.58. The number of aliphatic carboxylic acids is 1. The first-order valence-electron chi connectivity index (χ1n) is 7.34. The van der Waals surface area contributed by atoms with Crippen LogP contribution in [0.15, 0.2) is 24.3 Å². The van der Waals surface area contributed by atoms with Crippen LogP contribution in [0.2, 0.25) is 0 Å². The molecule has 1 aromatic rings. The van der Waals surface area contributed by atoms with E-state index in [1.165, 1.54) is 0 Å². The third kappa shape index (κ3) is 4.48. The highest BCUT2D eigenvalue weighted by atomic mass is 16.4. The van der Waals surface area contributed by atoms with E-state index in [1.807, 2.05) is 6.07 Å². The zero-order chi connectivity index (χ0) is 15.9. The van der Waals surface area contributed by atoms with Gasteiger partial charge < -0.3 is 15.7 Å². The van der Waals surface area contributed by atoms with E-state index in [2.05, 4.69) is 16.7 Å². The molecular formula is C16H19N3O3. The van der Waals surface area contributed by atoms with E-state index >= 15 is 0 Å². The van der Waals surface area contributed by atoms with Gasteiger partial charge in [-0.2, -0.15) is 5.26 Å². The maximum absolute atomic E-state index is 11.9. The Kier molecular flexibility index (Phi) is 5.37. The predicted molar refractivity (Wildman–Crippen MR) is 79.9 cm³/mol. The molecule has 3 N–H and O–H groups in total. The molecule has 0 unspecified atom stereocenters. The van der Waals surface area contributed by atoms with Crippen LogP contribution in [0.4, 0.5) is 4.79 Å². The van der Waals surface area contributed by atoms with Crippen LogP contribution in [0.5, 0.6) is 0 Å². The molecule has 2 amide bonds. The van der Waals surface area contributed by atoms with Crippen LogP contribution in [0.3, 0.4) is 0 Å². The van der Waals surface area contributed by atoms with Gasteiger partial charge in [0.15, 0.2) is 0 Å². The van der Waals surface area contributed by atoms with Gasteiger partial charge in [0.25, 0.3) is 0 Å². The van der Waals surface area contributed by atoms with E-state index < -0.39 is 5.97 Å². The number of carbonyl (C=O) groups is 2. The first-order chi connectivity index (χ1) is 10.6. The van der Waals surface area contributed by atoms with Crippen LogP contribution in [-0.4, -0.2) is 23.1 Å². The highest BCUT2D eigenvalue weighted by Gasteiger charge is 2.26. The second-order valence-electron chi connectivity index (χ2n) is 5.53. The van der Waals surface area contributed by atoms with Crippen LogP contribution in [0.1, 0.15) is 36.8 Å². The van der Waals surface area contributed by atoms with Crippen molar-refractivity contribution in [1.82, 2.24) is 10.6 Å². The average molecular weight is 301 g/mol. The molecule has 22 heavy (non-hydrogen) atoms. The lowest BCUT2D eigenvalue weighted by Gasteiger charge is -2.26. The lowest BCUT2D eigenvalue weighted by Crippen LogP contribution is -2.43. The van der Waals surface area contributed by atoms with Crippen molar-refractivity contribution in [3.63, 3.8) is 0 Å². The second-order valence-corrected chi connectivity index (χ2v) is 5.53. The van der Waals surface area contributed by atoms with Crippen molar-refractivity contribution >= 4 is 12.0 Å². The first kappa shape index (κ1) is 15.8. The maximum atomic E-state index is 11.9. The second kappa shape index (κ2) is 7.46. The number of hydrogen-bond acceptors (Lipinski definition) is 3. The van der Waals surface area contributed by atoms with E-state index in [-0.39, 0.29) is 18.0 Å². The molecule has 0 radical (unpaired) electrons. The molecule has 1 aliphatic carbocycles. The summed E-state index contributed by atoms with van der Waals surface area (Å²) in [6.45, 7) is 0.353. The van der Waals surface area contributed by atoms with E-state index in [9.17, 15) is 9.59 Å². The topological polar surface area (TPSA) is 102 Å². The molecule has 1 aliphatic rings. The number of rotatable bonds is 4. The third-order valence-electron chi connectivity index (χ3n) is 3.92. The van der Waals surface area contributed by atoms with Gasteiger partial charge in [0.1, 0.15) is 0 Å². The minimum absolute atomic E-state index is 0.0287. The normalized spacial score (nSPS) is 20.7. The number of carbonyl (C=O) groups excluding carboxylic acids is 1. The molecule has 2 rings (SSSR count). The summed E-state index contributed by atoms with van der Waals surface area (Å²) in [7, 11) is 0. The van der Waals surface area contributed by atoms with Crippen LogP contribution >= 0.6 is 0 Å². The summed E-state index contributed by atoms with van der Waals surface area (Å²) < 4.78 is 0. The summed E-state index contributed by atoms with van der Waals surface area (Å²) in [5.41, 5.74) is 1.43. The average Bonchev–Trinajstić information content (AvgIpc) is 2.53. The van der Waals surface area contributed by atoms with Gasteiger partial charge >= 0.3 is 12.0 Å². The number of carboxylic acids is 1. The van der Waals surface area contributed by atoms with Gasteiger partial charge in [-0.25, -0.2) is 4.79 Å². The maximum Gasteiger partial charge on any atom is 0.315 e. The smallest absolute Gasteiger partial charge is 0.315 e. The Labute approximate surface area is 129 Å². The van der Waals surface area contributed by atoms with Gasteiger partial charge in [-0.1, -0.05) is 12.1 Å². The lowest BCUT2D eigenvalue weighted by atomic mass is 9.86. The van der Waals surface area contributed by atoms with E-state index in [0.29, 0.717) is 37.8 Å². The SMILES string of the molecule is N#Cc1cccc(CNC(=O)NC2CCC(C(=O)O)CC2)c1. The zero-order valence-electron chi connectivity index (χ0n) is 12.2. The Bertz CT molecular complexity index is 587. The molecule has 0 aromatic heterocycles. The Morgan fingerprint density at radius 1 is 1.27 bits per heavy atom. The van der Waals surface area contributed by atoms with Crippen molar-refractivity contribution in [2.45, 2.75) is 38.3 Å². The van der Waals surface area contributed by atoms with Gasteiger partial charge in [-0.3, -0.25) is 4.79 Å². The highest BCUT2D eigenvalue weighted by molar-refractivity contribution is 5.74. The molecule has 0 atom stereocenters. The number of hydrogen-bond donors (Lipinski definition) is 3. The number of amides is 2. The molecule has 0 saturated heterocycles. The summed E-state index contributed by atoms with van der Waals surface area (Å²) in [5, 5.41) is 23.4. The van der Waals surface area contributed by atoms with Crippen LogP contribution in [-0.2, 0) is 11.3 Å². The van der Waals surface area contributed by atoms with Gasteiger partial charge in [0, 0.05) is 12.6 Å². The molecule has 1 fully saturated rings. The molecule has 6 heteroatoms. The molecule has 0 spiro atoms. The number of nitrogens with zero attached hydrogens (tertiary/aromatic N) is 1. The van der Waals surface area contributed by atoms with Crippen LogP contribution in [0.25, 0.3) is 0 Å². The fraction of sp³-hybridized carbons (Fsp3) is 0.438. The van der Waals surface area contributed by atoms with Gasteiger partial charge in [-0.05, 0) is 43.4 Å². The van der Waals surface area contributed by atoms with Crippen molar-refractivity contribution in [2.75, 3.05) is 0 Å². The summed E-state index contributed by atoms with van der Waals surface area (Å²) in [6, 6.07) is 8.90. The van der Waals surface area contributed by atoms with Crippen LogP contribution < -0.4 is 10.6 Å². The molecule has 0 bridgehead atoms. The van der Waals surface area contributed by atoms with E-state index in [0.717, 1.165) is 5.56 Å². The molecule has 116 valence electrons. The van der Waals surface area contributed by atoms with Crippen molar-refractivity contribution in [3.8, 4) is 6.07 Å². The molecule has 0 heterocycles. The van der Waals surface area contributed by atoms with Gasteiger partial charge in [-0.15, -0.1) is 0 Å². The number of nitrogens with one attached hydrogen (secondary N) is 2. The molecular weight excluding hydrogens is 282 g/mol. The Balaban J connectivity index is 1.74. The number of carboxylic acid groups (broad SMARTS) is 1. The Morgan fingerprint density at radius 3 is 2.64 bits per heavy atom. The summed E-state index contributed by atoms with van der Waals surface area (Å²) in [4.78, 5) is 22.7. The lowest BCUT2D eigenvalue weighted by molar-refractivity contribution is -0.142. The van der Waals surface area contributed by atoms with Gasteiger partial charge in [0.2, 0.25) is 0 Å². The zero-order valence-corrected chi connectivity index (χ0v) is 12.2. The molecule has 1 aromatic carbocycles. The number of benzene rings is 1. The van der Waals surface area contributed by atoms with Gasteiger partial charge in [0.05, 0.1) is 17.6 Å². The molecule has 1 saturated carbocycles. The fourth-order valence-electron chi connectivity index (χ4n) is 2.65. The van der Waals surface area contributed by atoms with Crippen molar-refractivity contribution in [3.05, 3.63) is 35.4 Å². The highest BCUT2D eigenvalue weighted by Crippen LogP contribution is 2.24. The predicted octanol–water partition coefficient (Wildman–Crippen LogP) is 2.00. The largest absolute Gasteiger partial charge is 0.481 e. The van der Waals surface area contributed by atoms with E-state index in [1.54, 1.807) is 18.2 Å². The standard InChI is InChI=1S/C16H19N3O3/c17-9-11-2-1-3-12(8-11)10-18-16(22)19-14-6-4-13(5-7-14)15(20)21/h1-3,8,13-14H,4-7,10H2,(H,20,21)(H2,18,19,22). The number of urea groups is 1. The van der Waals surface area contributed by atoms with Crippen molar-refractivity contribution in [2.24, 2.45) is 5.92 Å². The summed E-state index contributed by atoms with van der Waals surface area (Å²) >= 11 is 0. The first-order valence-corrected chi connectivity index (χ1v) is 7.34. The minimum Gasteiger partial charge on any atom is -0.481 e. The summed E-state index contributed by atoms with van der Waals surface area (Å²) in [5.74, 6) is -1.03.